The predicted molar refractivity (Wildman–Crippen MR) is 130 cm³/mol. The van der Waals surface area contributed by atoms with E-state index in [0.717, 1.165) is 18.5 Å². The summed E-state index contributed by atoms with van der Waals surface area (Å²) in [6.07, 6.45) is 6.33. The molecule has 0 saturated carbocycles. The maximum atomic E-state index is 13.1. The summed E-state index contributed by atoms with van der Waals surface area (Å²) in [6, 6.07) is 18.7. The van der Waals surface area contributed by atoms with Gasteiger partial charge in [0, 0.05) is 19.1 Å². The molecule has 5 rings (SSSR count). The van der Waals surface area contributed by atoms with Crippen LogP contribution in [0.25, 0.3) is 16.7 Å². The van der Waals surface area contributed by atoms with Crippen LogP contribution in [0.3, 0.4) is 0 Å². The van der Waals surface area contributed by atoms with E-state index in [1.165, 1.54) is 24.8 Å². The molecule has 1 aliphatic rings. The number of hydrogen-bond acceptors (Lipinski definition) is 4. The van der Waals surface area contributed by atoms with Crippen molar-refractivity contribution >= 4 is 28.9 Å². The summed E-state index contributed by atoms with van der Waals surface area (Å²) in [4.78, 5) is 15.6. The van der Waals surface area contributed by atoms with E-state index in [-0.39, 0.29) is 5.56 Å². The molecule has 4 aromatic rings. The Morgan fingerprint density at radius 2 is 1.88 bits per heavy atom. The van der Waals surface area contributed by atoms with E-state index in [0.29, 0.717) is 35.2 Å². The Morgan fingerprint density at radius 3 is 2.69 bits per heavy atom. The molecule has 2 aromatic heterocycles. The van der Waals surface area contributed by atoms with Gasteiger partial charge in [0.15, 0.2) is 0 Å². The summed E-state index contributed by atoms with van der Waals surface area (Å²) in [5.74, 6) is 0.565. The molecule has 1 fully saturated rings. The first-order valence-electron chi connectivity index (χ1n) is 11.2. The van der Waals surface area contributed by atoms with E-state index in [2.05, 4.69) is 41.8 Å². The Bertz CT molecular complexity index is 1380. The van der Waals surface area contributed by atoms with Crippen molar-refractivity contribution in [3.63, 3.8) is 0 Å². The summed E-state index contributed by atoms with van der Waals surface area (Å²) in [7, 11) is 0. The Hall–Kier alpha value is -3.03. The van der Waals surface area contributed by atoms with Crippen molar-refractivity contribution < 1.29 is 0 Å². The second kappa shape index (κ2) is 8.84. The van der Waals surface area contributed by atoms with Crippen LogP contribution in [0.15, 0.2) is 72.0 Å². The zero-order valence-corrected chi connectivity index (χ0v) is 18.9. The van der Waals surface area contributed by atoms with Gasteiger partial charge in [0.1, 0.15) is 0 Å². The maximum Gasteiger partial charge on any atom is 0.263 e. The number of rotatable bonds is 6. The SMILES string of the molecule is C=CCn1c(=O)c2ccccc2n2c(=S)n(CN3CCCC[C@H]3Cc3ccccc3)nc12. The molecule has 32 heavy (non-hydrogen) atoms. The molecular weight excluding hydrogens is 418 g/mol. The van der Waals surface area contributed by atoms with Crippen LogP contribution < -0.4 is 5.56 Å². The molecule has 0 aliphatic carbocycles. The number of hydrogen-bond donors (Lipinski definition) is 0. The van der Waals surface area contributed by atoms with Crippen molar-refractivity contribution in [3.05, 3.63) is 87.9 Å². The lowest BCUT2D eigenvalue weighted by atomic mass is 9.96. The molecule has 1 atom stereocenters. The van der Waals surface area contributed by atoms with Crippen LogP contribution in [0, 0.1) is 4.77 Å². The monoisotopic (exact) mass is 445 g/mol. The molecule has 1 saturated heterocycles. The van der Waals surface area contributed by atoms with Crippen molar-refractivity contribution in [2.75, 3.05) is 6.54 Å². The molecule has 0 N–H and O–H groups in total. The molecule has 1 aliphatic heterocycles. The fraction of sp³-hybridized carbons (Fsp3) is 0.320. The van der Waals surface area contributed by atoms with Crippen LogP contribution in [0.2, 0.25) is 0 Å². The lowest BCUT2D eigenvalue weighted by Gasteiger charge is -2.35. The number of likely N-dealkylation sites (tertiary alicyclic amines) is 1. The van der Waals surface area contributed by atoms with Gasteiger partial charge in [-0.2, -0.15) is 0 Å². The Labute approximate surface area is 192 Å². The standard InChI is InChI=1S/C25H27N5OS/c1-2-15-28-23(31)21-13-6-7-14-22(21)30-24(28)26-29(25(30)32)18-27-16-9-8-12-20(27)17-19-10-4-3-5-11-19/h2-7,10-11,13-14,20H,1,8-9,12,15-18H2/t20-/m0/s1. The van der Waals surface area contributed by atoms with E-state index in [1.54, 1.807) is 10.6 Å². The van der Waals surface area contributed by atoms with Crippen LogP contribution >= 0.6 is 12.2 Å². The normalized spacial score (nSPS) is 17.2. The first-order chi connectivity index (χ1) is 15.7. The van der Waals surface area contributed by atoms with Gasteiger partial charge < -0.3 is 0 Å². The number of allylic oxidation sites excluding steroid dienone is 1. The van der Waals surface area contributed by atoms with Crippen molar-refractivity contribution in [2.45, 2.75) is 44.9 Å². The average molecular weight is 446 g/mol. The van der Waals surface area contributed by atoms with Crippen molar-refractivity contribution in [1.29, 1.82) is 0 Å². The molecule has 2 aromatic carbocycles. The highest BCUT2D eigenvalue weighted by atomic mass is 32.1. The summed E-state index contributed by atoms with van der Waals surface area (Å²) in [5, 5.41) is 5.46. The van der Waals surface area contributed by atoms with Gasteiger partial charge in [0.25, 0.3) is 5.56 Å². The third-order valence-corrected chi connectivity index (χ3v) is 6.77. The predicted octanol–water partition coefficient (Wildman–Crippen LogP) is 4.42. The van der Waals surface area contributed by atoms with Crippen molar-refractivity contribution in [3.8, 4) is 0 Å². The highest BCUT2D eigenvalue weighted by molar-refractivity contribution is 7.71. The van der Waals surface area contributed by atoms with Gasteiger partial charge in [0.2, 0.25) is 10.5 Å². The van der Waals surface area contributed by atoms with Gasteiger partial charge >= 0.3 is 0 Å². The fourth-order valence-electron chi connectivity index (χ4n) is 4.79. The highest BCUT2D eigenvalue weighted by Gasteiger charge is 2.24. The van der Waals surface area contributed by atoms with Crippen molar-refractivity contribution in [2.24, 2.45) is 0 Å². The molecular formula is C25H27N5OS. The largest absolute Gasteiger partial charge is 0.281 e. The second-order valence-electron chi connectivity index (χ2n) is 8.43. The molecule has 0 unspecified atom stereocenters. The lowest BCUT2D eigenvalue weighted by molar-refractivity contribution is 0.103. The Kier molecular flexibility index (Phi) is 5.76. The Balaban J connectivity index is 1.57. The van der Waals surface area contributed by atoms with Crippen LogP contribution in [-0.4, -0.2) is 36.2 Å². The van der Waals surface area contributed by atoms with E-state index < -0.39 is 0 Å². The number of piperidine rings is 1. The number of aromatic nitrogens is 4. The van der Waals surface area contributed by atoms with Gasteiger partial charge in [-0.05, 0) is 49.2 Å². The zero-order chi connectivity index (χ0) is 22.1. The van der Waals surface area contributed by atoms with E-state index in [4.69, 9.17) is 17.3 Å². The molecule has 6 nitrogen and oxygen atoms in total. The van der Waals surface area contributed by atoms with Gasteiger partial charge in [-0.1, -0.05) is 55.0 Å². The van der Waals surface area contributed by atoms with Crippen LogP contribution in [0.4, 0.5) is 0 Å². The van der Waals surface area contributed by atoms with E-state index >= 15 is 0 Å². The molecule has 3 heterocycles. The third-order valence-electron chi connectivity index (χ3n) is 6.37. The summed E-state index contributed by atoms with van der Waals surface area (Å²) >= 11 is 5.87. The molecule has 0 radical (unpaired) electrons. The second-order valence-corrected chi connectivity index (χ2v) is 8.80. The Morgan fingerprint density at radius 1 is 1.09 bits per heavy atom. The molecule has 0 bridgehead atoms. The molecule has 0 amide bonds. The summed E-state index contributed by atoms with van der Waals surface area (Å²) in [6.45, 7) is 5.85. The highest BCUT2D eigenvalue weighted by Crippen LogP contribution is 2.22. The number of para-hydroxylation sites is 1. The summed E-state index contributed by atoms with van der Waals surface area (Å²) < 4.78 is 6.06. The quantitative estimate of drug-likeness (QED) is 0.326. The number of nitrogens with zero attached hydrogens (tertiary/aromatic N) is 5. The van der Waals surface area contributed by atoms with E-state index in [9.17, 15) is 4.79 Å². The van der Waals surface area contributed by atoms with Gasteiger partial charge in [-0.25, -0.2) is 4.68 Å². The lowest BCUT2D eigenvalue weighted by Crippen LogP contribution is -2.42. The third kappa shape index (κ3) is 3.72. The van der Waals surface area contributed by atoms with Gasteiger partial charge in [-0.3, -0.25) is 18.7 Å². The van der Waals surface area contributed by atoms with Crippen LogP contribution in [0.5, 0.6) is 0 Å². The van der Waals surface area contributed by atoms with E-state index in [1.807, 2.05) is 33.3 Å². The van der Waals surface area contributed by atoms with Crippen LogP contribution in [0.1, 0.15) is 24.8 Å². The van der Waals surface area contributed by atoms with Crippen LogP contribution in [-0.2, 0) is 19.6 Å². The van der Waals surface area contributed by atoms with Gasteiger partial charge in [-0.15, -0.1) is 11.7 Å². The molecule has 7 heteroatoms. The molecule has 164 valence electrons. The minimum atomic E-state index is -0.0694. The number of benzene rings is 2. The minimum absolute atomic E-state index is 0.0694. The first kappa shape index (κ1) is 20.8. The average Bonchev–Trinajstić information content (AvgIpc) is 3.14. The smallest absolute Gasteiger partial charge is 0.263 e. The van der Waals surface area contributed by atoms with Gasteiger partial charge in [0.05, 0.1) is 17.6 Å². The maximum absolute atomic E-state index is 13.1. The first-order valence-corrected chi connectivity index (χ1v) is 11.6. The molecule has 0 spiro atoms. The minimum Gasteiger partial charge on any atom is -0.281 e. The zero-order valence-electron chi connectivity index (χ0n) is 18.1. The fourth-order valence-corrected chi connectivity index (χ4v) is 5.07. The number of fused-ring (bicyclic) bond motifs is 3. The van der Waals surface area contributed by atoms with Crippen molar-refractivity contribution in [1.82, 2.24) is 23.6 Å². The summed E-state index contributed by atoms with van der Waals surface area (Å²) in [5.41, 5.74) is 2.08. The topological polar surface area (TPSA) is 47.5 Å².